The summed E-state index contributed by atoms with van der Waals surface area (Å²) in [6.45, 7) is 3.56. The van der Waals surface area contributed by atoms with Gasteiger partial charge in [0.25, 0.3) is 0 Å². The first-order chi connectivity index (χ1) is 8.11. The molecule has 0 aromatic carbocycles. The molecule has 2 heterocycles. The second-order valence-corrected chi connectivity index (χ2v) is 5.31. The van der Waals surface area contributed by atoms with Gasteiger partial charge in [0.05, 0.1) is 6.10 Å². The van der Waals surface area contributed by atoms with Crippen molar-refractivity contribution in [2.24, 2.45) is 0 Å². The van der Waals surface area contributed by atoms with Crippen LogP contribution in [0.2, 0.25) is 0 Å². The van der Waals surface area contributed by atoms with E-state index < -0.39 is 5.97 Å². The number of aromatic nitrogens is 1. The van der Waals surface area contributed by atoms with Gasteiger partial charge in [-0.3, -0.25) is 0 Å². The van der Waals surface area contributed by atoms with Gasteiger partial charge in [0.2, 0.25) is 0 Å². The number of ether oxygens (including phenoxy) is 1. The van der Waals surface area contributed by atoms with Crippen molar-refractivity contribution in [3.63, 3.8) is 0 Å². The van der Waals surface area contributed by atoms with Crippen molar-refractivity contribution in [3.05, 3.63) is 10.6 Å². The van der Waals surface area contributed by atoms with Crippen LogP contribution in [0.1, 0.15) is 28.2 Å². The number of nitrogens with zero attached hydrogens (tertiary/aromatic N) is 2. The van der Waals surface area contributed by atoms with Crippen LogP contribution >= 0.6 is 11.3 Å². The number of hydrogen-bond donors (Lipinski definition) is 1. The van der Waals surface area contributed by atoms with E-state index in [4.69, 9.17) is 9.84 Å². The normalized spacial score (nSPS) is 17.4. The number of thiazole rings is 1. The van der Waals surface area contributed by atoms with Gasteiger partial charge >= 0.3 is 5.97 Å². The Bertz CT molecular complexity index is 411. The van der Waals surface area contributed by atoms with Crippen LogP contribution in [0.4, 0.5) is 5.13 Å². The van der Waals surface area contributed by atoms with Crippen LogP contribution < -0.4 is 4.90 Å². The maximum absolute atomic E-state index is 10.9. The molecule has 0 atom stereocenters. The molecule has 0 radical (unpaired) electrons. The van der Waals surface area contributed by atoms with Gasteiger partial charge in [-0.25, -0.2) is 9.78 Å². The summed E-state index contributed by atoms with van der Waals surface area (Å²) in [5.74, 6) is -0.947. The third-order valence-electron chi connectivity index (χ3n) is 3.03. The third kappa shape index (κ3) is 2.58. The summed E-state index contributed by atoms with van der Waals surface area (Å²) < 4.78 is 5.30. The zero-order valence-corrected chi connectivity index (χ0v) is 10.8. The molecule has 0 spiro atoms. The van der Waals surface area contributed by atoms with Gasteiger partial charge in [-0.05, 0) is 19.8 Å². The highest BCUT2D eigenvalue weighted by atomic mass is 32.1. The highest BCUT2D eigenvalue weighted by Gasteiger charge is 2.23. The number of aryl methyl sites for hydroxylation is 1. The van der Waals surface area contributed by atoms with Crippen LogP contribution in [0.25, 0.3) is 0 Å². The fraction of sp³-hybridized carbons (Fsp3) is 0.636. The van der Waals surface area contributed by atoms with Crippen molar-refractivity contribution in [1.82, 2.24) is 4.98 Å². The van der Waals surface area contributed by atoms with E-state index in [1.807, 2.05) is 0 Å². The molecule has 6 heteroatoms. The van der Waals surface area contributed by atoms with E-state index in [9.17, 15) is 4.79 Å². The number of anilines is 1. The molecule has 0 aliphatic carbocycles. The van der Waals surface area contributed by atoms with Crippen LogP contribution in [0.15, 0.2) is 0 Å². The van der Waals surface area contributed by atoms with Crippen molar-refractivity contribution in [1.29, 1.82) is 0 Å². The molecule has 0 unspecified atom stereocenters. The maximum atomic E-state index is 10.9. The average molecular weight is 256 g/mol. The fourth-order valence-electron chi connectivity index (χ4n) is 2.00. The van der Waals surface area contributed by atoms with Crippen LogP contribution in [-0.4, -0.2) is 42.4 Å². The molecule has 94 valence electrons. The summed E-state index contributed by atoms with van der Waals surface area (Å²) in [6.07, 6.45) is 2.26. The minimum Gasteiger partial charge on any atom is -0.476 e. The van der Waals surface area contributed by atoms with Crippen molar-refractivity contribution < 1.29 is 14.6 Å². The Morgan fingerprint density at radius 3 is 2.65 bits per heavy atom. The Morgan fingerprint density at radius 2 is 2.18 bits per heavy atom. The molecule has 0 amide bonds. The van der Waals surface area contributed by atoms with Gasteiger partial charge in [-0.2, -0.15) is 0 Å². The molecule has 1 aliphatic rings. The molecule has 1 aromatic rings. The molecule has 1 aromatic heterocycles. The van der Waals surface area contributed by atoms with E-state index in [1.165, 1.54) is 11.3 Å². The monoisotopic (exact) mass is 256 g/mol. The lowest BCUT2D eigenvalue weighted by molar-refractivity contribution is 0.0690. The van der Waals surface area contributed by atoms with Crippen LogP contribution in [0.3, 0.4) is 0 Å². The van der Waals surface area contributed by atoms with Crippen LogP contribution in [-0.2, 0) is 4.74 Å². The third-order valence-corrected chi connectivity index (χ3v) is 4.07. The minimum absolute atomic E-state index is 0.180. The minimum atomic E-state index is -0.947. The van der Waals surface area contributed by atoms with Crippen LogP contribution in [0, 0.1) is 6.92 Å². The lowest BCUT2D eigenvalue weighted by atomic mass is 10.1. The summed E-state index contributed by atoms with van der Waals surface area (Å²) in [5, 5.41) is 9.78. The topological polar surface area (TPSA) is 62.7 Å². The Labute approximate surface area is 104 Å². The molecule has 2 rings (SSSR count). The average Bonchev–Trinajstić information content (AvgIpc) is 2.71. The lowest BCUT2D eigenvalue weighted by Crippen LogP contribution is -2.36. The first-order valence-corrected chi connectivity index (χ1v) is 6.42. The number of rotatable bonds is 3. The number of methoxy groups -OCH3 is 1. The second kappa shape index (κ2) is 5.01. The standard InChI is InChI=1S/C11H16N2O3S/c1-7-9(10(14)15)12-11(17-7)13-5-3-8(16-2)4-6-13/h8H,3-6H2,1-2H3,(H,14,15). The van der Waals surface area contributed by atoms with Crippen molar-refractivity contribution in [2.45, 2.75) is 25.9 Å². The van der Waals surface area contributed by atoms with E-state index in [-0.39, 0.29) is 5.69 Å². The molecule has 1 N–H and O–H groups in total. The Hall–Kier alpha value is -1.14. The van der Waals surface area contributed by atoms with E-state index in [0.29, 0.717) is 6.10 Å². The second-order valence-electron chi connectivity index (χ2n) is 4.13. The van der Waals surface area contributed by atoms with Gasteiger partial charge in [0, 0.05) is 25.1 Å². The Kier molecular flexibility index (Phi) is 3.63. The zero-order valence-electron chi connectivity index (χ0n) is 9.97. The summed E-state index contributed by atoms with van der Waals surface area (Å²) in [6, 6.07) is 0. The molecule has 1 saturated heterocycles. The van der Waals surface area contributed by atoms with Crippen molar-refractivity contribution in [3.8, 4) is 0 Å². The first kappa shape index (κ1) is 12.3. The molecule has 0 saturated carbocycles. The highest BCUT2D eigenvalue weighted by Crippen LogP contribution is 2.28. The first-order valence-electron chi connectivity index (χ1n) is 5.60. The predicted octanol–water partition coefficient (Wildman–Crippen LogP) is 1.76. The smallest absolute Gasteiger partial charge is 0.355 e. The van der Waals surface area contributed by atoms with Crippen molar-refractivity contribution >= 4 is 22.4 Å². The van der Waals surface area contributed by atoms with Gasteiger partial charge < -0.3 is 14.7 Å². The molecular weight excluding hydrogens is 240 g/mol. The highest BCUT2D eigenvalue weighted by molar-refractivity contribution is 7.15. The SMILES string of the molecule is COC1CCN(c2nc(C(=O)O)c(C)s2)CC1. The molecule has 1 aliphatic heterocycles. The Balaban J connectivity index is 2.08. The molecule has 5 nitrogen and oxygen atoms in total. The van der Waals surface area contributed by atoms with E-state index in [1.54, 1.807) is 14.0 Å². The zero-order chi connectivity index (χ0) is 12.4. The number of carboxylic acid groups (broad SMARTS) is 1. The maximum Gasteiger partial charge on any atom is 0.355 e. The predicted molar refractivity (Wildman–Crippen MR) is 66.1 cm³/mol. The van der Waals surface area contributed by atoms with E-state index in [2.05, 4.69) is 9.88 Å². The van der Waals surface area contributed by atoms with Gasteiger partial charge in [-0.15, -0.1) is 11.3 Å². The Morgan fingerprint density at radius 1 is 1.53 bits per heavy atom. The van der Waals surface area contributed by atoms with Gasteiger partial charge in [0.1, 0.15) is 0 Å². The summed E-state index contributed by atoms with van der Waals surface area (Å²) in [4.78, 5) is 18.0. The van der Waals surface area contributed by atoms with Gasteiger partial charge in [0.15, 0.2) is 10.8 Å². The summed E-state index contributed by atoms with van der Waals surface area (Å²) in [7, 11) is 1.73. The molecule has 0 bridgehead atoms. The molecular formula is C11H16N2O3S. The van der Waals surface area contributed by atoms with Crippen molar-refractivity contribution in [2.75, 3.05) is 25.1 Å². The fourth-order valence-corrected chi connectivity index (χ4v) is 2.95. The van der Waals surface area contributed by atoms with E-state index >= 15 is 0 Å². The number of carbonyl (C=O) groups is 1. The quantitative estimate of drug-likeness (QED) is 0.893. The molecule has 17 heavy (non-hydrogen) atoms. The number of carboxylic acids is 1. The number of piperidine rings is 1. The molecule has 1 fully saturated rings. The summed E-state index contributed by atoms with van der Waals surface area (Å²) >= 11 is 1.45. The summed E-state index contributed by atoms with van der Waals surface area (Å²) in [5.41, 5.74) is 0.180. The lowest BCUT2D eigenvalue weighted by Gasteiger charge is -2.30. The number of hydrogen-bond acceptors (Lipinski definition) is 5. The van der Waals surface area contributed by atoms with E-state index in [0.717, 1.165) is 35.9 Å². The van der Waals surface area contributed by atoms with Crippen LogP contribution in [0.5, 0.6) is 0 Å². The van der Waals surface area contributed by atoms with Gasteiger partial charge in [-0.1, -0.05) is 0 Å². The number of aromatic carboxylic acids is 1. The largest absolute Gasteiger partial charge is 0.476 e.